The first-order chi connectivity index (χ1) is 12.5. The molecule has 2 aromatic rings. The summed E-state index contributed by atoms with van der Waals surface area (Å²) < 4.78 is 7.67. The van der Waals surface area contributed by atoms with Gasteiger partial charge in [0.15, 0.2) is 5.96 Å². The number of halogens is 1. The lowest BCUT2D eigenvalue weighted by atomic mass is 10.0. The number of para-hydroxylation sites is 1. The predicted molar refractivity (Wildman–Crippen MR) is 123 cm³/mol. The second kappa shape index (κ2) is 11.2. The number of aryl methyl sites for hydroxylation is 1. The Morgan fingerprint density at radius 1 is 1.19 bits per heavy atom. The van der Waals surface area contributed by atoms with Crippen LogP contribution in [0.3, 0.4) is 0 Å². The van der Waals surface area contributed by atoms with Gasteiger partial charge >= 0.3 is 0 Å². The van der Waals surface area contributed by atoms with Gasteiger partial charge in [0.1, 0.15) is 5.75 Å². The highest BCUT2D eigenvalue weighted by molar-refractivity contribution is 14.0. The smallest absolute Gasteiger partial charge is 0.193 e. The maximum atomic E-state index is 5.54. The van der Waals surface area contributed by atoms with Gasteiger partial charge in [0, 0.05) is 45.1 Å². The monoisotopic (exact) mass is 485 g/mol. The van der Waals surface area contributed by atoms with Gasteiger partial charge in [0.2, 0.25) is 0 Å². The number of guanidine groups is 1. The third kappa shape index (κ3) is 6.14. The first kappa shape index (κ1) is 23.3. The van der Waals surface area contributed by atoms with E-state index >= 15 is 0 Å². The van der Waals surface area contributed by atoms with E-state index in [-0.39, 0.29) is 30.0 Å². The van der Waals surface area contributed by atoms with Crippen molar-refractivity contribution in [1.82, 2.24) is 19.7 Å². The fourth-order valence-corrected chi connectivity index (χ4v) is 3.06. The summed E-state index contributed by atoms with van der Waals surface area (Å²) >= 11 is 0. The summed E-state index contributed by atoms with van der Waals surface area (Å²) in [6.45, 7) is 1.53. The van der Waals surface area contributed by atoms with Gasteiger partial charge in [-0.25, -0.2) is 0 Å². The van der Waals surface area contributed by atoms with Crippen molar-refractivity contribution in [3.63, 3.8) is 0 Å². The highest BCUT2D eigenvalue weighted by Crippen LogP contribution is 2.27. The Balaban J connectivity index is 0.00000364. The molecule has 0 spiro atoms. The molecule has 150 valence electrons. The highest BCUT2D eigenvalue weighted by atomic mass is 127. The molecule has 1 atom stereocenters. The summed E-state index contributed by atoms with van der Waals surface area (Å²) in [5.74, 6) is 1.77. The van der Waals surface area contributed by atoms with Crippen LogP contribution in [-0.2, 0) is 13.6 Å². The van der Waals surface area contributed by atoms with Gasteiger partial charge < -0.3 is 24.4 Å². The van der Waals surface area contributed by atoms with Crippen LogP contribution in [0, 0.1) is 0 Å². The summed E-state index contributed by atoms with van der Waals surface area (Å²) in [5.41, 5.74) is 2.40. The molecule has 1 heterocycles. The number of rotatable bonds is 7. The Morgan fingerprint density at radius 3 is 2.44 bits per heavy atom. The van der Waals surface area contributed by atoms with Gasteiger partial charge in [0.05, 0.1) is 19.7 Å². The number of aliphatic imine (C=N–C) groups is 1. The topological polar surface area (TPSA) is 45.0 Å². The number of methoxy groups -OCH3 is 1. The molecule has 0 saturated carbocycles. The van der Waals surface area contributed by atoms with Crippen LogP contribution < -0.4 is 10.1 Å². The maximum absolute atomic E-state index is 5.54. The first-order valence-electron chi connectivity index (χ1n) is 8.79. The van der Waals surface area contributed by atoms with Gasteiger partial charge in [-0.3, -0.25) is 4.99 Å². The summed E-state index contributed by atoms with van der Waals surface area (Å²) in [4.78, 5) is 8.76. The van der Waals surface area contributed by atoms with Crippen molar-refractivity contribution in [1.29, 1.82) is 0 Å². The molecule has 0 bridgehead atoms. The third-order valence-electron chi connectivity index (χ3n) is 4.60. The molecule has 2 rings (SSSR count). The zero-order valence-electron chi connectivity index (χ0n) is 17.1. The number of likely N-dealkylation sites (N-methyl/N-ethyl adjacent to an activating group) is 1. The summed E-state index contributed by atoms with van der Waals surface area (Å²) in [7, 11) is 11.8. The minimum absolute atomic E-state index is 0. The lowest BCUT2D eigenvalue weighted by Crippen LogP contribution is -2.42. The predicted octanol–water partition coefficient (Wildman–Crippen LogP) is 2.96. The van der Waals surface area contributed by atoms with Crippen molar-refractivity contribution in [3.8, 4) is 5.75 Å². The molecule has 6 nitrogen and oxygen atoms in total. The van der Waals surface area contributed by atoms with Crippen molar-refractivity contribution in [2.45, 2.75) is 12.6 Å². The number of benzene rings is 1. The Kier molecular flexibility index (Phi) is 9.65. The van der Waals surface area contributed by atoms with Crippen LogP contribution in [0.25, 0.3) is 0 Å². The Labute approximate surface area is 180 Å². The van der Waals surface area contributed by atoms with Gasteiger partial charge in [0.25, 0.3) is 0 Å². The fraction of sp³-hybridized carbons (Fsp3) is 0.450. The molecule has 1 unspecified atom stereocenters. The quantitative estimate of drug-likeness (QED) is 0.372. The summed E-state index contributed by atoms with van der Waals surface area (Å²) in [6, 6.07) is 12.5. The van der Waals surface area contributed by atoms with Crippen LogP contribution in [-0.4, -0.2) is 62.2 Å². The maximum Gasteiger partial charge on any atom is 0.193 e. The van der Waals surface area contributed by atoms with E-state index in [1.54, 1.807) is 7.11 Å². The molecule has 0 saturated heterocycles. The minimum Gasteiger partial charge on any atom is -0.496 e. The number of aromatic nitrogens is 1. The van der Waals surface area contributed by atoms with Crippen LogP contribution in [0.4, 0.5) is 0 Å². The van der Waals surface area contributed by atoms with E-state index in [2.05, 4.69) is 77.3 Å². The van der Waals surface area contributed by atoms with Crippen molar-refractivity contribution in [3.05, 3.63) is 53.9 Å². The van der Waals surface area contributed by atoms with Gasteiger partial charge in [-0.1, -0.05) is 18.2 Å². The standard InChI is InChI=1S/C20H31N5O.HI/c1-21-20(25(5)15-16-10-9-13-24(16)4)22-14-18(23(2)3)17-11-7-8-12-19(17)26-6;/h7-13,18H,14-15H2,1-6H3,(H,21,22);1H. The van der Waals surface area contributed by atoms with E-state index in [0.29, 0.717) is 0 Å². The fourth-order valence-electron chi connectivity index (χ4n) is 3.06. The van der Waals surface area contributed by atoms with E-state index in [1.165, 1.54) is 5.69 Å². The van der Waals surface area contributed by atoms with Crippen LogP contribution in [0.2, 0.25) is 0 Å². The van der Waals surface area contributed by atoms with E-state index in [1.807, 2.05) is 25.2 Å². The van der Waals surface area contributed by atoms with E-state index < -0.39 is 0 Å². The van der Waals surface area contributed by atoms with Crippen molar-refractivity contribution in [2.75, 3.05) is 41.8 Å². The van der Waals surface area contributed by atoms with Gasteiger partial charge in [-0.15, -0.1) is 24.0 Å². The van der Waals surface area contributed by atoms with Crippen LogP contribution in [0.5, 0.6) is 5.75 Å². The van der Waals surface area contributed by atoms with Crippen LogP contribution in [0.1, 0.15) is 17.3 Å². The van der Waals surface area contributed by atoms with Gasteiger partial charge in [-0.05, 0) is 32.3 Å². The summed E-state index contributed by atoms with van der Waals surface area (Å²) in [6.07, 6.45) is 2.06. The zero-order chi connectivity index (χ0) is 19.1. The number of nitrogens with zero attached hydrogens (tertiary/aromatic N) is 4. The number of hydrogen-bond acceptors (Lipinski definition) is 3. The molecule has 27 heavy (non-hydrogen) atoms. The minimum atomic E-state index is 0. The molecule has 1 N–H and O–H groups in total. The second-order valence-electron chi connectivity index (χ2n) is 6.62. The molecular weight excluding hydrogens is 453 g/mol. The van der Waals surface area contributed by atoms with Gasteiger partial charge in [-0.2, -0.15) is 0 Å². The lowest BCUT2D eigenvalue weighted by Gasteiger charge is -2.29. The molecular formula is C20H32IN5O. The second-order valence-corrected chi connectivity index (χ2v) is 6.62. The molecule has 1 aromatic heterocycles. The number of nitrogens with one attached hydrogen (secondary N) is 1. The first-order valence-corrected chi connectivity index (χ1v) is 8.79. The molecule has 0 radical (unpaired) electrons. The molecule has 0 amide bonds. The highest BCUT2D eigenvalue weighted by Gasteiger charge is 2.19. The van der Waals surface area contributed by atoms with E-state index in [4.69, 9.17) is 4.74 Å². The van der Waals surface area contributed by atoms with Crippen molar-refractivity contribution >= 4 is 29.9 Å². The Hall–Kier alpha value is -1.74. The third-order valence-corrected chi connectivity index (χ3v) is 4.60. The van der Waals surface area contributed by atoms with E-state index in [9.17, 15) is 0 Å². The van der Waals surface area contributed by atoms with Crippen LogP contribution in [0.15, 0.2) is 47.6 Å². The average molecular weight is 485 g/mol. The Bertz CT molecular complexity index is 729. The van der Waals surface area contributed by atoms with Crippen molar-refractivity contribution < 1.29 is 4.74 Å². The number of ether oxygens (including phenoxy) is 1. The molecule has 0 fully saturated rings. The summed E-state index contributed by atoms with van der Waals surface area (Å²) in [5, 5.41) is 3.50. The Morgan fingerprint density at radius 2 is 1.89 bits per heavy atom. The lowest BCUT2D eigenvalue weighted by molar-refractivity contribution is 0.285. The van der Waals surface area contributed by atoms with E-state index in [0.717, 1.165) is 30.4 Å². The molecule has 0 aliphatic rings. The number of hydrogen-bond donors (Lipinski definition) is 1. The molecule has 0 aliphatic carbocycles. The zero-order valence-corrected chi connectivity index (χ0v) is 19.5. The SMILES string of the molecule is CN=C(NCC(c1ccccc1OC)N(C)C)N(C)Cc1cccn1C.I. The molecule has 1 aromatic carbocycles. The van der Waals surface area contributed by atoms with Crippen LogP contribution >= 0.6 is 24.0 Å². The average Bonchev–Trinajstić information content (AvgIpc) is 3.03. The molecule has 7 heteroatoms. The molecule has 0 aliphatic heterocycles. The normalized spacial score (nSPS) is 12.5. The largest absolute Gasteiger partial charge is 0.496 e. The van der Waals surface area contributed by atoms with Crippen molar-refractivity contribution in [2.24, 2.45) is 12.0 Å².